The van der Waals surface area contributed by atoms with E-state index in [-0.39, 0.29) is 10.6 Å². The van der Waals surface area contributed by atoms with Crippen molar-refractivity contribution in [2.75, 3.05) is 7.11 Å². The standard InChI is InChI=1S/C27H33ClNO5PS/c1-18-11-14-22(15-12-18)36(31,32)29-20(3)23-17-21(28)13-16-24(23)34-35(30,27(4,5)6)26-19(2)9-8-10-25(26)33-7/h8-17,20,29H,1-7H3/t20-,35+/m1/s1. The lowest BCUT2D eigenvalue weighted by Gasteiger charge is -2.34. The topological polar surface area (TPSA) is 81.7 Å². The normalized spacial score (nSPS) is 14.7. The lowest BCUT2D eigenvalue weighted by molar-refractivity contribution is 0.413. The number of halogens is 1. The Hall–Kier alpha value is -2.31. The molecule has 0 spiro atoms. The Morgan fingerprint density at radius 1 is 0.972 bits per heavy atom. The molecule has 9 heteroatoms. The second-order valence-corrected chi connectivity index (χ2v) is 15.0. The van der Waals surface area contributed by atoms with Crippen LogP contribution in [-0.4, -0.2) is 20.7 Å². The van der Waals surface area contributed by atoms with Crippen LogP contribution in [0.3, 0.4) is 0 Å². The molecule has 0 radical (unpaired) electrons. The van der Waals surface area contributed by atoms with Gasteiger partial charge in [-0.25, -0.2) is 13.1 Å². The van der Waals surface area contributed by atoms with Crippen molar-refractivity contribution in [2.24, 2.45) is 0 Å². The molecule has 0 fully saturated rings. The van der Waals surface area contributed by atoms with E-state index in [0.717, 1.165) is 11.1 Å². The fraction of sp³-hybridized carbons (Fsp3) is 0.333. The van der Waals surface area contributed by atoms with Crippen LogP contribution >= 0.6 is 19.0 Å². The second-order valence-electron chi connectivity index (χ2n) is 9.78. The monoisotopic (exact) mass is 549 g/mol. The summed E-state index contributed by atoms with van der Waals surface area (Å²) < 4.78 is 55.5. The van der Waals surface area contributed by atoms with Gasteiger partial charge in [0.05, 0.1) is 22.5 Å². The van der Waals surface area contributed by atoms with Crippen LogP contribution in [0, 0.1) is 13.8 Å². The zero-order valence-electron chi connectivity index (χ0n) is 21.6. The van der Waals surface area contributed by atoms with Crippen molar-refractivity contribution in [2.45, 2.75) is 57.6 Å². The molecule has 0 aliphatic carbocycles. The SMILES string of the molecule is COc1cccc(C)c1[P@](=O)(Oc1ccc(Cl)cc1[C@@H](C)NS(=O)(=O)c1ccc(C)cc1)C(C)(C)C. The molecule has 194 valence electrons. The summed E-state index contributed by atoms with van der Waals surface area (Å²) in [6, 6.07) is 16.2. The van der Waals surface area contributed by atoms with E-state index >= 15 is 0 Å². The van der Waals surface area contributed by atoms with Crippen LogP contribution < -0.4 is 19.3 Å². The Labute approximate surface area is 219 Å². The Morgan fingerprint density at radius 2 is 1.61 bits per heavy atom. The molecule has 0 aromatic heterocycles. The first kappa shape index (κ1) is 28.3. The number of aryl methyl sites for hydroxylation is 2. The largest absolute Gasteiger partial charge is 0.496 e. The number of hydrogen-bond acceptors (Lipinski definition) is 5. The minimum absolute atomic E-state index is 0.148. The first-order chi connectivity index (χ1) is 16.7. The summed E-state index contributed by atoms with van der Waals surface area (Å²) in [5.41, 5.74) is 2.20. The van der Waals surface area contributed by atoms with Gasteiger partial charge >= 0.3 is 0 Å². The molecule has 0 unspecified atom stereocenters. The van der Waals surface area contributed by atoms with Crippen LogP contribution in [-0.2, 0) is 14.6 Å². The van der Waals surface area contributed by atoms with E-state index in [0.29, 0.717) is 21.6 Å². The Balaban J connectivity index is 2.09. The Bertz CT molecular complexity index is 1400. The molecule has 36 heavy (non-hydrogen) atoms. The summed E-state index contributed by atoms with van der Waals surface area (Å²) in [6.07, 6.45) is 0. The van der Waals surface area contributed by atoms with Gasteiger partial charge in [-0.15, -0.1) is 0 Å². The summed E-state index contributed by atoms with van der Waals surface area (Å²) in [5, 5.41) is 0.0973. The summed E-state index contributed by atoms with van der Waals surface area (Å²) in [6.45, 7) is 11.0. The molecular formula is C27H33ClNO5PS. The number of rotatable bonds is 8. The van der Waals surface area contributed by atoms with Crippen molar-refractivity contribution in [1.29, 1.82) is 0 Å². The van der Waals surface area contributed by atoms with Gasteiger partial charge in [-0.2, -0.15) is 0 Å². The van der Waals surface area contributed by atoms with E-state index in [9.17, 15) is 13.0 Å². The number of nitrogens with one attached hydrogen (secondary N) is 1. The highest BCUT2D eigenvalue weighted by atomic mass is 35.5. The van der Waals surface area contributed by atoms with Gasteiger partial charge in [-0.1, -0.05) is 41.4 Å². The van der Waals surface area contributed by atoms with Crippen molar-refractivity contribution in [1.82, 2.24) is 4.72 Å². The van der Waals surface area contributed by atoms with Crippen LogP contribution in [0.4, 0.5) is 0 Å². The Morgan fingerprint density at radius 3 is 2.19 bits per heavy atom. The van der Waals surface area contributed by atoms with Gasteiger partial charge in [0.1, 0.15) is 11.5 Å². The molecule has 0 amide bonds. The average Bonchev–Trinajstić information content (AvgIpc) is 2.79. The van der Waals surface area contributed by atoms with Crippen LogP contribution in [0.5, 0.6) is 11.5 Å². The molecular weight excluding hydrogens is 517 g/mol. The van der Waals surface area contributed by atoms with E-state index < -0.39 is 28.6 Å². The van der Waals surface area contributed by atoms with E-state index in [1.165, 1.54) is 7.11 Å². The van der Waals surface area contributed by atoms with Gasteiger partial charge in [0.15, 0.2) is 0 Å². The van der Waals surface area contributed by atoms with Crippen molar-refractivity contribution in [3.05, 3.63) is 82.4 Å². The van der Waals surface area contributed by atoms with E-state index in [4.69, 9.17) is 20.9 Å². The number of benzene rings is 3. The zero-order valence-corrected chi connectivity index (χ0v) is 24.1. The molecule has 3 rings (SSSR count). The third-order valence-corrected chi connectivity index (χ3v) is 11.1. The Kier molecular flexibility index (Phi) is 8.31. The summed E-state index contributed by atoms with van der Waals surface area (Å²) in [4.78, 5) is 0.148. The predicted molar refractivity (Wildman–Crippen MR) is 147 cm³/mol. The quantitative estimate of drug-likeness (QED) is 0.313. The number of ether oxygens (including phenoxy) is 1. The fourth-order valence-corrected chi connectivity index (χ4v) is 7.73. The van der Waals surface area contributed by atoms with Crippen molar-refractivity contribution >= 4 is 34.3 Å². The van der Waals surface area contributed by atoms with Gasteiger partial charge in [0.2, 0.25) is 10.0 Å². The van der Waals surface area contributed by atoms with Crippen LogP contribution in [0.15, 0.2) is 65.6 Å². The number of methoxy groups -OCH3 is 1. The maximum Gasteiger partial charge on any atom is 0.286 e. The molecule has 0 aliphatic heterocycles. The molecule has 2 atom stereocenters. The van der Waals surface area contributed by atoms with Crippen LogP contribution in [0.1, 0.15) is 50.4 Å². The van der Waals surface area contributed by atoms with Gasteiger partial charge in [-0.3, -0.25) is 4.57 Å². The lowest BCUT2D eigenvalue weighted by atomic mass is 10.1. The van der Waals surface area contributed by atoms with Crippen molar-refractivity contribution in [3.8, 4) is 11.5 Å². The summed E-state index contributed by atoms with van der Waals surface area (Å²) in [7, 11) is -5.92. The fourth-order valence-electron chi connectivity index (χ4n) is 3.85. The molecule has 0 heterocycles. The smallest absolute Gasteiger partial charge is 0.286 e. The highest BCUT2D eigenvalue weighted by molar-refractivity contribution is 7.89. The average molecular weight is 550 g/mol. The molecule has 3 aromatic carbocycles. The minimum atomic E-state index is -3.83. The highest BCUT2D eigenvalue weighted by Gasteiger charge is 2.45. The van der Waals surface area contributed by atoms with Crippen LogP contribution in [0.25, 0.3) is 0 Å². The van der Waals surface area contributed by atoms with Crippen molar-refractivity contribution in [3.63, 3.8) is 0 Å². The molecule has 0 bridgehead atoms. The third kappa shape index (κ3) is 5.81. The van der Waals surface area contributed by atoms with Gasteiger partial charge in [-0.05, 0) is 83.5 Å². The van der Waals surface area contributed by atoms with Gasteiger partial charge in [0.25, 0.3) is 7.37 Å². The minimum Gasteiger partial charge on any atom is -0.496 e. The molecule has 6 nitrogen and oxygen atoms in total. The van der Waals surface area contributed by atoms with Crippen molar-refractivity contribution < 1.29 is 22.2 Å². The first-order valence-electron chi connectivity index (χ1n) is 11.5. The number of sulfonamides is 1. The maximum atomic E-state index is 14.7. The van der Waals surface area contributed by atoms with Gasteiger partial charge in [0, 0.05) is 16.6 Å². The predicted octanol–water partition coefficient (Wildman–Crippen LogP) is 6.79. The molecule has 3 aromatic rings. The van der Waals surface area contributed by atoms with E-state index in [2.05, 4.69) is 4.72 Å². The third-order valence-electron chi connectivity index (χ3n) is 5.93. The maximum absolute atomic E-state index is 14.7. The summed E-state index contributed by atoms with van der Waals surface area (Å²) in [5.74, 6) is 0.749. The van der Waals surface area contributed by atoms with Gasteiger partial charge < -0.3 is 9.26 Å². The van der Waals surface area contributed by atoms with E-state index in [1.807, 2.05) is 46.8 Å². The first-order valence-corrected chi connectivity index (χ1v) is 15.0. The molecule has 0 saturated carbocycles. The number of hydrogen-bond donors (Lipinski definition) is 1. The summed E-state index contributed by atoms with van der Waals surface area (Å²) >= 11 is 6.30. The molecule has 0 saturated heterocycles. The zero-order chi connectivity index (χ0) is 26.9. The van der Waals surface area contributed by atoms with Crippen LogP contribution in [0.2, 0.25) is 5.02 Å². The second kappa shape index (κ2) is 10.6. The molecule has 1 N–H and O–H groups in total. The lowest BCUT2D eigenvalue weighted by Crippen LogP contribution is -2.30. The van der Waals surface area contributed by atoms with E-state index in [1.54, 1.807) is 55.5 Å². The highest BCUT2D eigenvalue weighted by Crippen LogP contribution is 2.60. The molecule has 0 aliphatic rings.